The van der Waals surface area contributed by atoms with E-state index in [1.165, 1.54) is 0 Å². The van der Waals surface area contributed by atoms with Crippen LogP contribution in [-0.2, 0) is 20.9 Å². The number of carbonyl (C=O) groups excluding carboxylic acids is 3. The van der Waals surface area contributed by atoms with Crippen LogP contribution in [0.1, 0.15) is 44.6 Å². The predicted molar refractivity (Wildman–Crippen MR) is 104 cm³/mol. The fraction of sp³-hybridized carbons (Fsp3) is 0.500. The molecular formula is C20H28N4O4. The summed E-state index contributed by atoms with van der Waals surface area (Å²) in [6, 6.07) is 10.6. The number of ether oxygens (including phenoxy) is 1. The van der Waals surface area contributed by atoms with Crippen LogP contribution in [0.3, 0.4) is 0 Å². The number of nitrogens with one attached hydrogen (secondary N) is 2. The number of rotatable bonds is 12. The van der Waals surface area contributed by atoms with Gasteiger partial charge in [-0.05, 0) is 31.7 Å². The molecule has 0 spiro atoms. The first-order chi connectivity index (χ1) is 13.4. The van der Waals surface area contributed by atoms with Gasteiger partial charge >= 0.3 is 6.09 Å². The Morgan fingerprint density at radius 2 is 1.89 bits per heavy atom. The van der Waals surface area contributed by atoms with E-state index in [1.807, 2.05) is 36.4 Å². The fourth-order valence-electron chi connectivity index (χ4n) is 2.47. The fourth-order valence-corrected chi connectivity index (χ4v) is 2.47. The van der Waals surface area contributed by atoms with Gasteiger partial charge in [-0.2, -0.15) is 5.26 Å². The maximum absolute atomic E-state index is 11.9. The van der Waals surface area contributed by atoms with Crippen molar-refractivity contribution in [3.05, 3.63) is 35.9 Å². The Kier molecular flexibility index (Phi) is 10.8. The highest BCUT2D eigenvalue weighted by Gasteiger charge is 2.20. The maximum Gasteiger partial charge on any atom is 0.407 e. The van der Waals surface area contributed by atoms with Crippen molar-refractivity contribution in [2.75, 3.05) is 6.54 Å². The van der Waals surface area contributed by atoms with Crippen LogP contribution in [0.5, 0.6) is 0 Å². The first kappa shape index (κ1) is 23.0. The van der Waals surface area contributed by atoms with Crippen molar-refractivity contribution in [1.82, 2.24) is 10.6 Å². The topological polar surface area (TPSA) is 134 Å². The number of nitriles is 1. The molecule has 3 amide bonds. The maximum atomic E-state index is 11.9. The molecule has 1 aromatic carbocycles. The van der Waals surface area contributed by atoms with E-state index >= 15 is 0 Å². The number of nitrogens with zero attached hydrogens (tertiary/aromatic N) is 1. The van der Waals surface area contributed by atoms with Gasteiger partial charge in [-0.25, -0.2) is 4.79 Å². The lowest BCUT2D eigenvalue weighted by Gasteiger charge is -2.16. The molecular weight excluding hydrogens is 360 g/mol. The van der Waals surface area contributed by atoms with Crippen molar-refractivity contribution in [2.24, 2.45) is 11.7 Å². The lowest BCUT2D eigenvalue weighted by Crippen LogP contribution is -2.45. The van der Waals surface area contributed by atoms with Crippen molar-refractivity contribution >= 4 is 17.9 Å². The number of unbranched alkanes of at least 4 members (excludes halogenated alkanes) is 2. The Morgan fingerprint density at radius 3 is 2.54 bits per heavy atom. The van der Waals surface area contributed by atoms with Gasteiger partial charge in [-0.1, -0.05) is 36.8 Å². The van der Waals surface area contributed by atoms with E-state index < -0.39 is 18.0 Å². The van der Waals surface area contributed by atoms with Gasteiger partial charge in [0.25, 0.3) is 0 Å². The zero-order valence-electron chi connectivity index (χ0n) is 16.1. The molecule has 0 aliphatic heterocycles. The Balaban J connectivity index is 2.11. The monoisotopic (exact) mass is 388 g/mol. The smallest absolute Gasteiger partial charge is 0.407 e. The van der Waals surface area contributed by atoms with Gasteiger partial charge < -0.3 is 21.1 Å². The number of hydrogen-bond donors (Lipinski definition) is 3. The minimum Gasteiger partial charge on any atom is -0.445 e. The molecule has 1 aromatic rings. The van der Waals surface area contributed by atoms with Crippen LogP contribution >= 0.6 is 0 Å². The number of primary amides is 1. The first-order valence-electron chi connectivity index (χ1n) is 9.35. The van der Waals surface area contributed by atoms with Gasteiger partial charge in [-0.3, -0.25) is 9.59 Å². The second-order valence-electron chi connectivity index (χ2n) is 6.59. The highest BCUT2D eigenvalue weighted by Crippen LogP contribution is 2.06. The third-order valence-electron chi connectivity index (χ3n) is 4.05. The minimum absolute atomic E-state index is 0.201. The summed E-state index contributed by atoms with van der Waals surface area (Å²) in [6.07, 6.45) is 2.04. The van der Waals surface area contributed by atoms with Gasteiger partial charge in [0, 0.05) is 18.9 Å². The molecule has 0 radical (unpaired) electrons. The molecule has 0 fully saturated rings. The molecule has 4 N–H and O–H groups in total. The van der Waals surface area contributed by atoms with E-state index in [1.54, 1.807) is 6.92 Å². The second kappa shape index (κ2) is 13.1. The number of carbonyl (C=O) groups is 3. The first-order valence-corrected chi connectivity index (χ1v) is 9.35. The molecule has 0 aliphatic carbocycles. The molecule has 8 nitrogen and oxygen atoms in total. The summed E-state index contributed by atoms with van der Waals surface area (Å²) >= 11 is 0. The third-order valence-corrected chi connectivity index (χ3v) is 4.05. The van der Waals surface area contributed by atoms with Crippen LogP contribution in [-0.4, -0.2) is 30.5 Å². The summed E-state index contributed by atoms with van der Waals surface area (Å²) in [5.74, 6) is -1.29. The Morgan fingerprint density at radius 1 is 1.18 bits per heavy atom. The summed E-state index contributed by atoms with van der Waals surface area (Å²) in [5.41, 5.74) is 6.18. The zero-order chi connectivity index (χ0) is 20.8. The average Bonchev–Trinajstić information content (AvgIpc) is 2.69. The molecule has 28 heavy (non-hydrogen) atoms. The zero-order valence-corrected chi connectivity index (χ0v) is 16.1. The molecule has 0 heterocycles. The SMILES string of the molecule is C[C@@H](C#N)C[C@H](NC(=O)CCCCCNC(=O)OCc1ccccc1)C(N)=O. The molecule has 0 aliphatic rings. The van der Waals surface area contributed by atoms with Gasteiger partial charge in [-0.15, -0.1) is 0 Å². The Bertz CT molecular complexity index is 673. The number of hydrogen-bond acceptors (Lipinski definition) is 5. The summed E-state index contributed by atoms with van der Waals surface area (Å²) in [6.45, 7) is 2.34. The van der Waals surface area contributed by atoms with Crippen molar-refractivity contribution in [2.45, 2.75) is 51.7 Å². The minimum atomic E-state index is -0.830. The van der Waals surface area contributed by atoms with Gasteiger partial charge in [0.05, 0.1) is 6.07 Å². The summed E-state index contributed by atoms with van der Waals surface area (Å²) in [5, 5.41) is 14.0. The quantitative estimate of drug-likeness (QED) is 0.471. The average molecular weight is 388 g/mol. The second-order valence-corrected chi connectivity index (χ2v) is 6.59. The van der Waals surface area contributed by atoms with E-state index in [0.29, 0.717) is 19.4 Å². The van der Waals surface area contributed by atoms with Crippen LogP contribution < -0.4 is 16.4 Å². The van der Waals surface area contributed by atoms with Crippen LogP contribution in [0.2, 0.25) is 0 Å². The van der Waals surface area contributed by atoms with Gasteiger partial charge in [0.1, 0.15) is 12.6 Å². The van der Waals surface area contributed by atoms with Gasteiger partial charge in [0.2, 0.25) is 11.8 Å². The molecule has 2 atom stereocenters. The molecule has 0 unspecified atom stereocenters. The van der Waals surface area contributed by atoms with Crippen molar-refractivity contribution in [3.63, 3.8) is 0 Å². The van der Waals surface area contributed by atoms with Crippen LogP contribution in [0.15, 0.2) is 30.3 Å². The third kappa shape index (κ3) is 10.2. The van der Waals surface area contributed by atoms with Crippen molar-refractivity contribution in [3.8, 4) is 6.07 Å². The summed E-state index contributed by atoms with van der Waals surface area (Å²) < 4.78 is 5.10. The van der Waals surface area contributed by atoms with Crippen LogP contribution in [0, 0.1) is 17.2 Å². The van der Waals surface area contributed by atoms with E-state index in [4.69, 9.17) is 15.7 Å². The number of nitrogens with two attached hydrogens (primary N) is 1. The molecule has 0 aromatic heterocycles. The van der Waals surface area contributed by atoms with Crippen LogP contribution in [0.4, 0.5) is 4.79 Å². The largest absolute Gasteiger partial charge is 0.445 e. The van der Waals surface area contributed by atoms with Crippen molar-refractivity contribution < 1.29 is 19.1 Å². The number of amides is 3. The van der Waals surface area contributed by atoms with Crippen LogP contribution in [0.25, 0.3) is 0 Å². The van der Waals surface area contributed by atoms with E-state index in [2.05, 4.69) is 10.6 Å². The highest BCUT2D eigenvalue weighted by molar-refractivity contribution is 5.86. The van der Waals surface area contributed by atoms with E-state index in [9.17, 15) is 14.4 Å². The molecule has 152 valence electrons. The highest BCUT2D eigenvalue weighted by atomic mass is 16.5. The molecule has 0 saturated carbocycles. The van der Waals surface area contributed by atoms with Crippen molar-refractivity contribution in [1.29, 1.82) is 5.26 Å². The van der Waals surface area contributed by atoms with Gasteiger partial charge in [0.15, 0.2) is 0 Å². The lowest BCUT2D eigenvalue weighted by atomic mass is 10.0. The Labute approximate surface area is 165 Å². The lowest BCUT2D eigenvalue weighted by molar-refractivity contribution is -0.127. The number of alkyl carbamates (subject to hydrolysis) is 1. The van der Waals surface area contributed by atoms with E-state index in [-0.39, 0.29) is 31.3 Å². The molecule has 1 rings (SSSR count). The summed E-state index contributed by atoms with van der Waals surface area (Å²) in [7, 11) is 0. The number of benzene rings is 1. The normalized spacial score (nSPS) is 12.3. The molecule has 8 heteroatoms. The predicted octanol–water partition coefficient (Wildman–Crippen LogP) is 1.99. The Hall–Kier alpha value is -3.08. The van der Waals surface area contributed by atoms with E-state index in [0.717, 1.165) is 12.0 Å². The standard InChI is InChI=1S/C20H28N4O4/c1-15(13-21)12-17(19(22)26)24-18(25)10-6-3-7-11-23-20(27)28-14-16-8-4-2-5-9-16/h2,4-5,8-9,15,17H,3,6-7,10-12,14H2,1H3,(H2,22,26)(H,23,27)(H,24,25)/t15-,17+/m1/s1. The summed E-state index contributed by atoms with van der Waals surface area (Å²) in [4.78, 5) is 34.8. The molecule has 0 saturated heterocycles. The molecule has 0 bridgehead atoms.